The molecule has 0 radical (unpaired) electrons. The van der Waals surface area contributed by atoms with E-state index in [0.717, 1.165) is 0 Å². The van der Waals surface area contributed by atoms with Crippen LogP contribution in [0.2, 0.25) is 0 Å². The van der Waals surface area contributed by atoms with E-state index in [0.29, 0.717) is 11.3 Å². The van der Waals surface area contributed by atoms with Crippen LogP contribution in [0.5, 0.6) is 11.5 Å². The van der Waals surface area contributed by atoms with E-state index >= 15 is 0 Å². The largest absolute Gasteiger partial charge is 0.507 e. The molecule has 0 fully saturated rings. The van der Waals surface area contributed by atoms with Gasteiger partial charge in [-0.05, 0) is 27.1 Å². The zero-order chi connectivity index (χ0) is 12.1. The van der Waals surface area contributed by atoms with Crippen molar-refractivity contribution in [1.29, 1.82) is 0 Å². The lowest BCUT2D eigenvalue weighted by Crippen LogP contribution is -1.98. The molecule has 0 aliphatic carbocycles. The Labute approximate surface area is 98.7 Å². The minimum atomic E-state index is -0.171. The van der Waals surface area contributed by atoms with Crippen LogP contribution in [-0.2, 0) is 4.42 Å². The van der Waals surface area contributed by atoms with Crippen molar-refractivity contribution < 1.29 is 14.3 Å². The lowest BCUT2D eigenvalue weighted by atomic mass is 10.1. The molecule has 1 aromatic carbocycles. The molecule has 0 heterocycles. The molecule has 0 bridgehead atoms. The number of Topliss-reactive ketones (excluding diaryl/α,β-unsaturated/α-hetero) is 1. The van der Waals surface area contributed by atoms with Gasteiger partial charge in [0.1, 0.15) is 5.75 Å². The Morgan fingerprint density at radius 1 is 1.50 bits per heavy atom. The van der Waals surface area contributed by atoms with Crippen LogP contribution in [0.25, 0.3) is 0 Å². The van der Waals surface area contributed by atoms with E-state index < -0.39 is 0 Å². The SMILES string of the molecule is CC(=O)c1ccc([O+]=CSN(C)C)cc1O. The second-order valence-corrected chi connectivity index (χ2v) is 4.50. The second-order valence-electron chi connectivity index (χ2n) is 3.37. The maximum absolute atomic E-state index is 11.1. The van der Waals surface area contributed by atoms with Gasteiger partial charge in [-0.15, -0.1) is 0 Å². The predicted octanol–water partition coefficient (Wildman–Crippen LogP) is 2.24. The molecule has 0 saturated carbocycles. The van der Waals surface area contributed by atoms with Crippen molar-refractivity contribution in [3.8, 4) is 11.5 Å². The number of carbonyl (C=O) groups is 1. The van der Waals surface area contributed by atoms with Gasteiger partial charge in [-0.25, -0.2) is 8.73 Å². The normalized spacial score (nSPS) is 11.2. The fourth-order valence-electron chi connectivity index (χ4n) is 1.05. The highest BCUT2D eigenvalue weighted by Crippen LogP contribution is 2.24. The molecule has 0 aromatic heterocycles. The summed E-state index contributed by atoms with van der Waals surface area (Å²) in [6.45, 7) is 1.41. The minimum Gasteiger partial charge on any atom is -0.507 e. The van der Waals surface area contributed by atoms with E-state index in [1.807, 2.05) is 18.4 Å². The summed E-state index contributed by atoms with van der Waals surface area (Å²) in [6.07, 6.45) is 0. The van der Waals surface area contributed by atoms with Gasteiger partial charge in [0.2, 0.25) is 0 Å². The first-order chi connectivity index (χ1) is 7.50. The first kappa shape index (κ1) is 12.7. The number of phenols is 1. The van der Waals surface area contributed by atoms with Crippen molar-refractivity contribution in [2.75, 3.05) is 14.1 Å². The highest BCUT2D eigenvalue weighted by molar-refractivity contribution is 8.09. The smallest absolute Gasteiger partial charge is 0.367 e. The van der Waals surface area contributed by atoms with Crippen molar-refractivity contribution in [2.24, 2.45) is 0 Å². The van der Waals surface area contributed by atoms with Gasteiger partial charge in [0.15, 0.2) is 5.78 Å². The standard InChI is InChI=1S/C11H13NO3S/c1-8(13)10-5-4-9(6-11(10)14)15-7-16-12(2)3/h4-7H,1-3H3/p+1. The van der Waals surface area contributed by atoms with Crippen molar-refractivity contribution >= 4 is 23.3 Å². The summed E-state index contributed by atoms with van der Waals surface area (Å²) < 4.78 is 7.12. The van der Waals surface area contributed by atoms with E-state index in [4.69, 9.17) is 4.42 Å². The van der Waals surface area contributed by atoms with Crippen LogP contribution in [0.3, 0.4) is 0 Å². The van der Waals surface area contributed by atoms with Gasteiger partial charge >= 0.3 is 11.4 Å². The molecule has 1 aromatic rings. The lowest BCUT2D eigenvalue weighted by molar-refractivity contribution is 0.101. The van der Waals surface area contributed by atoms with Gasteiger partial charge in [0.05, 0.1) is 23.6 Å². The summed E-state index contributed by atoms with van der Waals surface area (Å²) >= 11 is 1.38. The lowest BCUT2D eigenvalue weighted by Gasteiger charge is -1.97. The zero-order valence-corrected chi connectivity index (χ0v) is 10.2. The van der Waals surface area contributed by atoms with Gasteiger partial charge in [-0.3, -0.25) is 4.79 Å². The summed E-state index contributed by atoms with van der Waals surface area (Å²) in [7, 11) is 3.78. The van der Waals surface area contributed by atoms with Gasteiger partial charge in [-0.1, -0.05) is 0 Å². The summed E-state index contributed by atoms with van der Waals surface area (Å²) in [5, 5.41) is 9.54. The zero-order valence-electron chi connectivity index (χ0n) is 9.43. The number of hydrogen-bond acceptors (Lipinski definition) is 4. The molecule has 4 nitrogen and oxygen atoms in total. The number of nitrogens with zero attached hydrogens (tertiary/aromatic N) is 1. The number of hydrogen-bond donors (Lipinski definition) is 1. The van der Waals surface area contributed by atoms with Crippen LogP contribution >= 0.6 is 11.9 Å². The second kappa shape index (κ2) is 5.67. The van der Waals surface area contributed by atoms with Crippen LogP contribution in [0.1, 0.15) is 17.3 Å². The van der Waals surface area contributed by atoms with Gasteiger partial charge in [0, 0.05) is 6.07 Å². The van der Waals surface area contributed by atoms with E-state index in [9.17, 15) is 9.90 Å². The van der Waals surface area contributed by atoms with E-state index in [1.54, 1.807) is 17.8 Å². The van der Waals surface area contributed by atoms with Gasteiger partial charge in [0.25, 0.3) is 0 Å². The summed E-state index contributed by atoms with van der Waals surface area (Å²) in [4.78, 5) is 11.1. The number of ketones is 1. The highest BCUT2D eigenvalue weighted by Gasteiger charge is 2.11. The average Bonchev–Trinajstić information content (AvgIpc) is 2.16. The van der Waals surface area contributed by atoms with E-state index in [2.05, 4.69) is 0 Å². The fraction of sp³-hybridized carbons (Fsp3) is 0.273. The van der Waals surface area contributed by atoms with Crippen molar-refractivity contribution in [2.45, 2.75) is 6.92 Å². The third kappa shape index (κ3) is 3.67. The average molecular weight is 240 g/mol. The predicted molar refractivity (Wildman–Crippen MR) is 65.6 cm³/mol. The molecule has 5 heteroatoms. The molecular weight excluding hydrogens is 226 g/mol. The number of aromatic hydroxyl groups is 1. The summed E-state index contributed by atoms with van der Waals surface area (Å²) in [5.41, 5.74) is 1.84. The minimum absolute atomic E-state index is 0.0618. The first-order valence-corrected chi connectivity index (χ1v) is 5.50. The Balaban J connectivity index is 2.81. The van der Waals surface area contributed by atoms with Crippen LogP contribution in [0.15, 0.2) is 18.2 Å². The van der Waals surface area contributed by atoms with Crippen LogP contribution < -0.4 is 0 Å². The Morgan fingerprint density at radius 2 is 2.19 bits per heavy atom. The summed E-state index contributed by atoms with van der Waals surface area (Å²) in [5.74, 6) is 0.265. The van der Waals surface area contributed by atoms with E-state index in [1.165, 1.54) is 24.9 Å². The van der Waals surface area contributed by atoms with E-state index in [-0.39, 0.29) is 11.5 Å². The third-order valence-electron chi connectivity index (χ3n) is 1.79. The maximum atomic E-state index is 11.1. The molecule has 1 rings (SSSR count). The van der Waals surface area contributed by atoms with Gasteiger partial charge < -0.3 is 5.11 Å². The maximum Gasteiger partial charge on any atom is 0.367 e. The van der Waals surface area contributed by atoms with Crippen molar-refractivity contribution in [3.63, 3.8) is 0 Å². The summed E-state index contributed by atoms with van der Waals surface area (Å²) in [6, 6.07) is 4.60. The molecular formula is C11H14NO3S+. The molecule has 0 unspecified atom stereocenters. The topological polar surface area (TPSA) is 51.8 Å². The van der Waals surface area contributed by atoms with Crippen molar-refractivity contribution in [3.05, 3.63) is 23.8 Å². The molecule has 0 spiro atoms. The molecule has 16 heavy (non-hydrogen) atoms. The van der Waals surface area contributed by atoms with Crippen molar-refractivity contribution in [1.82, 2.24) is 4.31 Å². The number of rotatable bonds is 4. The number of benzene rings is 1. The Bertz CT molecular complexity index is 416. The van der Waals surface area contributed by atoms with Crippen LogP contribution in [0, 0.1) is 0 Å². The highest BCUT2D eigenvalue weighted by atomic mass is 32.2. The van der Waals surface area contributed by atoms with Crippen LogP contribution in [-0.4, -0.2) is 34.9 Å². The third-order valence-corrected chi connectivity index (χ3v) is 2.39. The molecule has 0 saturated heterocycles. The fourth-order valence-corrected chi connectivity index (χ4v) is 1.37. The quantitative estimate of drug-likeness (QED) is 0.379. The Hall–Kier alpha value is -1.33. The molecule has 0 aliphatic rings. The molecule has 0 atom stereocenters. The molecule has 0 aliphatic heterocycles. The number of phenolic OH excluding ortho intramolecular Hbond substituents is 1. The Kier molecular flexibility index (Phi) is 4.52. The molecule has 0 amide bonds. The number of carbonyl (C=O) groups excluding carboxylic acids is 2. The monoisotopic (exact) mass is 240 g/mol. The Morgan fingerprint density at radius 3 is 2.69 bits per heavy atom. The first-order valence-electron chi connectivity index (χ1n) is 4.67. The molecule has 86 valence electrons. The van der Waals surface area contributed by atoms with Gasteiger partial charge in [-0.2, -0.15) is 0 Å². The molecule has 1 N–H and O–H groups in total. The van der Waals surface area contributed by atoms with Crippen LogP contribution in [0.4, 0.5) is 0 Å².